The molecule has 1 heterocycles. The Morgan fingerprint density at radius 3 is 2.58 bits per heavy atom. The minimum atomic E-state index is 0.234. The first-order valence-electron chi connectivity index (χ1n) is 4.30. The highest BCUT2D eigenvalue weighted by Gasteiger charge is 1.96. The van der Waals surface area contributed by atoms with Crippen molar-refractivity contribution in [3.8, 4) is 0 Å². The van der Waals surface area contributed by atoms with Crippen LogP contribution in [0.4, 0.5) is 0 Å². The van der Waals surface area contributed by atoms with E-state index in [2.05, 4.69) is 4.98 Å². The summed E-state index contributed by atoms with van der Waals surface area (Å²) in [5.41, 5.74) is 0. The monoisotopic (exact) mass is 168 g/mol. The molecule has 0 fully saturated rings. The molecule has 3 nitrogen and oxygen atoms in total. The Kier molecular flexibility index (Phi) is 5.97. The average Bonchev–Trinajstić information content (AvgIpc) is 2.60. The number of hydrogen-bond acceptors (Lipinski definition) is 2. The molecular formula is C9H16N2O. The van der Waals surface area contributed by atoms with E-state index in [0.29, 0.717) is 13.0 Å². The maximum Gasteiger partial charge on any atom is 0.152 e. The number of imidazole rings is 1. The molecule has 0 saturated carbocycles. The van der Waals surface area contributed by atoms with Gasteiger partial charge in [0.25, 0.3) is 0 Å². The maximum atomic E-state index is 10.8. The summed E-state index contributed by atoms with van der Waals surface area (Å²) in [5, 5.41) is 0. The molecule has 0 saturated heterocycles. The van der Waals surface area contributed by atoms with Crippen LogP contribution in [0.25, 0.3) is 0 Å². The molecule has 0 aliphatic carbocycles. The van der Waals surface area contributed by atoms with Gasteiger partial charge in [0, 0.05) is 18.8 Å². The fraction of sp³-hybridized carbons (Fsp3) is 0.556. The summed E-state index contributed by atoms with van der Waals surface area (Å²) >= 11 is 0. The highest BCUT2D eigenvalue weighted by atomic mass is 16.1. The number of carbonyl (C=O) groups is 1. The molecule has 0 amide bonds. The topological polar surface area (TPSA) is 34.9 Å². The molecule has 0 radical (unpaired) electrons. The Hall–Kier alpha value is -1.12. The van der Waals surface area contributed by atoms with Crippen molar-refractivity contribution in [2.45, 2.75) is 33.7 Å². The minimum Gasteiger partial charge on any atom is -0.330 e. The average molecular weight is 168 g/mol. The lowest BCUT2D eigenvalue weighted by atomic mass is 10.3. The van der Waals surface area contributed by atoms with Gasteiger partial charge in [0.15, 0.2) is 5.78 Å². The predicted molar refractivity (Wildman–Crippen MR) is 48.9 cm³/mol. The summed E-state index contributed by atoms with van der Waals surface area (Å²) in [6, 6.07) is 0. The Morgan fingerprint density at radius 1 is 1.50 bits per heavy atom. The van der Waals surface area contributed by atoms with Crippen LogP contribution >= 0.6 is 0 Å². The first-order chi connectivity index (χ1) is 5.83. The molecule has 0 aliphatic rings. The first kappa shape index (κ1) is 10.9. The summed E-state index contributed by atoms with van der Waals surface area (Å²) in [6.45, 7) is 6.32. The zero-order chi connectivity index (χ0) is 9.40. The van der Waals surface area contributed by atoms with Gasteiger partial charge in [-0.15, -0.1) is 0 Å². The van der Waals surface area contributed by atoms with Crippen molar-refractivity contribution < 1.29 is 4.79 Å². The highest BCUT2D eigenvalue weighted by Crippen LogP contribution is 1.89. The van der Waals surface area contributed by atoms with E-state index in [1.165, 1.54) is 0 Å². The Labute approximate surface area is 73.4 Å². The van der Waals surface area contributed by atoms with Crippen molar-refractivity contribution in [2.75, 3.05) is 0 Å². The summed E-state index contributed by atoms with van der Waals surface area (Å²) < 4.78 is 1.77. The second-order valence-electron chi connectivity index (χ2n) is 2.13. The van der Waals surface area contributed by atoms with Gasteiger partial charge in [-0.1, -0.05) is 20.8 Å². The zero-order valence-corrected chi connectivity index (χ0v) is 7.95. The van der Waals surface area contributed by atoms with E-state index in [0.717, 1.165) is 0 Å². The number of nitrogens with zero attached hydrogens (tertiary/aromatic N) is 2. The van der Waals surface area contributed by atoms with Crippen molar-refractivity contribution in [3.05, 3.63) is 18.7 Å². The molecule has 0 unspecified atom stereocenters. The quantitative estimate of drug-likeness (QED) is 0.690. The Morgan fingerprint density at radius 2 is 2.17 bits per heavy atom. The van der Waals surface area contributed by atoms with E-state index in [1.807, 2.05) is 20.8 Å². The molecule has 0 bridgehead atoms. The van der Waals surface area contributed by atoms with Gasteiger partial charge in [-0.2, -0.15) is 0 Å². The number of aromatic nitrogens is 2. The molecule has 3 heteroatoms. The number of ketones is 1. The lowest BCUT2D eigenvalue weighted by Gasteiger charge is -1.96. The van der Waals surface area contributed by atoms with E-state index in [4.69, 9.17) is 0 Å². The Balaban J connectivity index is 0.000000561. The van der Waals surface area contributed by atoms with Crippen LogP contribution in [0.2, 0.25) is 0 Å². The number of Topliss-reactive ketones (excluding diaryl/α,β-unsaturated/α-hetero) is 1. The van der Waals surface area contributed by atoms with E-state index in [-0.39, 0.29) is 5.78 Å². The van der Waals surface area contributed by atoms with E-state index in [9.17, 15) is 4.79 Å². The minimum absolute atomic E-state index is 0.234. The second-order valence-corrected chi connectivity index (χ2v) is 2.13. The first-order valence-corrected chi connectivity index (χ1v) is 4.30. The smallest absolute Gasteiger partial charge is 0.152 e. The summed E-state index contributed by atoms with van der Waals surface area (Å²) in [5.74, 6) is 0.234. The molecule has 68 valence electrons. The van der Waals surface area contributed by atoms with Crippen LogP contribution in [0.1, 0.15) is 27.2 Å². The summed E-state index contributed by atoms with van der Waals surface area (Å²) in [6.07, 6.45) is 5.70. The molecule has 0 atom stereocenters. The molecule has 1 rings (SSSR count). The highest BCUT2D eigenvalue weighted by molar-refractivity contribution is 5.77. The maximum absolute atomic E-state index is 10.8. The second kappa shape index (κ2) is 6.58. The van der Waals surface area contributed by atoms with Crippen molar-refractivity contribution in [2.24, 2.45) is 0 Å². The van der Waals surface area contributed by atoms with E-state index >= 15 is 0 Å². The van der Waals surface area contributed by atoms with Crippen molar-refractivity contribution in [1.82, 2.24) is 9.55 Å². The lowest BCUT2D eigenvalue weighted by Crippen LogP contribution is -2.06. The number of hydrogen-bond donors (Lipinski definition) is 0. The van der Waals surface area contributed by atoms with Crippen LogP contribution < -0.4 is 0 Å². The van der Waals surface area contributed by atoms with E-state index in [1.54, 1.807) is 23.3 Å². The number of rotatable bonds is 3. The standard InChI is InChI=1S/C7H10N2O.C2H6/c1-2-7(10)5-9-4-3-8-6-9;1-2/h3-4,6H,2,5H2,1H3;1-2H3. The summed E-state index contributed by atoms with van der Waals surface area (Å²) in [7, 11) is 0. The molecule has 12 heavy (non-hydrogen) atoms. The van der Waals surface area contributed by atoms with Gasteiger partial charge in [0.05, 0.1) is 12.9 Å². The molecular weight excluding hydrogens is 152 g/mol. The molecule has 1 aromatic rings. The van der Waals surface area contributed by atoms with Gasteiger partial charge in [-0.05, 0) is 0 Å². The van der Waals surface area contributed by atoms with Crippen LogP contribution in [0.5, 0.6) is 0 Å². The van der Waals surface area contributed by atoms with E-state index < -0.39 is 0 Å². The lowest BCUT2D eigenvalue weighted by molar-refractivity contribution is -0.119. The number of carbonyl (C=O) groups excluding carboxylic acids is 1. The predicted octanol–water partition coefficient (Wildman–Crippen LogP) is 1.89. The Bertz CT molecular complexity index is 204. The van der Waals surface area contributed by atoms with Crippen molar-refractivity contribution in [1.29, 1.82) is 0 Å². The van der Waals surface area contributed by atoms with Crippen LogP contribution in [0, 0.1) is 0 Å². The SMILES string of the molecule is CC.CCC(=O)Cn1ccnc1. The van der Waals surface area contributed by atoms with Gasteiger partial charge < -0.3 is 4.57 Å². The van der Waals surface area contributed by atoms with Crippen molar-refractivity contribution >= 4 is 5.78 Å². The van der Waals surface area contributed by atoms with Gasteiger partial charge in [-0.25, -0.2) is 4.98 Å². The molecule has 0 aromatic carbocycles. The molecule has 0 N–H and O–H groups in total. The zero-order valence-electron chi connectivity index (χ0n) is 7.95. The van der Waals surface area contributed by atoms with Gasteiger partial charge in [0.2, 0.25) is 0 Å². The van der Waals surface area contributed by atoms with Crippen LogP contribution in [-0.4, -0.2) is 15.3 Å². The third-order valence-corrected chi connectivity index (χ3v) is 1.31. The molecule has 0 spiro atoms. The van der Waals surface area contributed by atoms with Crippen molar-refractivity contribution in [3.63, 3.8) is 0 Å². The fourth-order valence-corrected chi connectivity index (χ4v) is 0.696. The summed E-state index contributed by atoms with van der Waals surface area (Å²) in [4.78, 5) is 14.7. The third-order valence-electron chi connectivity index (χ3n) is 1.31. The third kappa shape index (κ3) is 3.91. The van der Waals surface area contributed by atoms with Crippen LogP contribution in [0.15, 0.2) is 18.7 Å². The molecule has 0 aliphatic heterocycles. The molecule has 1 aromatic heterocycles. The van der Waals surface area contributed by atoms with Crippen LogP contribution in [0.3, 0.4) is 0 Å². The van der Waals surface area contributed by atoms with Gasteiger partial charge in [0.1, 0.15) is 0 Å². The normalized spacial score (nSPS) is 8.58. The van der Waals surface area contributed by atoms with Gasteiger partial charge in [-0.3, -0.25) is 4.79 Å². The van der Waals surface area contributed by atoms with Crippen LogP contribution in [-0.2, 0) is 11.3 Å². The van der Waals surface area contributed by atoms with Gasteiger partial charge >= 0.3 is 0 Å². The largest absolute Gasteiger partial charge is 0.330 e. The fourth-order valence-electron chi connectivity index (χ4n) is 0.696.